The van der Waals surface area contributed by atoms with E-state index in [4.69, 9.17) is 10.5 Å². The summed E-state index contributed by atoms with van der Waals surface area (Å²) in [5, 5.41) is 3.53. The number of ether oxygens (including phenoxy) is 1. The molecule has 2 rings (SSSR count). The molecule has 1 atom stereocenters. The summed E-state index contributed by atoms with van der Waals surface area (Å²) in [4.78, 5) is 12.3. The minimum atomic E-state index is -0.939. The van der Waals surface area contributed by atoms with Gasteiger partial charge in [0.2, 0.25) is 5.91 Å². The molecule has 116 valence electrons. The highest BCUT2D eigenvalue weighted by Gasteiger charge is 2.40. The van der Waals surface area contributed by atoms with E-state index in [1.54, 1.807) is 7.11 Å². The number of amides is 1. The molecule has 1 unspecified atom stereocenters. The first-order valence-corrected chi connectivity index (χ1v) is 7.81. The number of nitrogens with one attached hydrogen (secondary N) is 1. The predicted octanol–water partition coefficient (Wildman–Crippen LogP) is 2.33. The van der Waals surface area contributed by atoms with Crippen LogP contribution in [-0.4, -0.2) is 25.7 Å². The van der Waals surface area contributed by atoms with Gasteiger partial charge in [0.25, 0.3) is 0 Å². The molecule has 1 aliphatic carbocycles. The molecule has 0 heterocycles. The lowest BCUT2D eigenvalue weighted by Crippen LogP contribution is -2.58. The summed E-state index contributed by atoms with van der Waals surface area (Å²) >= 11 is 0. The third-order valence-electron chi connectivity index (χ3n) is 4.35. The molecule has 4 heteroatoms. The van der Waals surface area contributed by atoms with Crippen LogP contribution in [0.3, 0.4) is 0 Å². The van der Waals surface area contributed by atoms with Gasteiger partial charge in [-0.1, -0.05) is 56.0 Å². The highest BCUT2D eigenvalue weighted by Crippen LogP contribution is 2.26. The molecule has 0 saturated heterocycles. The lowest BCUT2D eigenvalue weighted by Gasteiger charge is -2.35. The van der Waals surface area contributed by atoms with Crippen molar-refractivity contribution in [2.45, 2.75) is 50.1 Å². The van der Waals surface area contributed by atoms with E-state index < -0.39 is 5.54 Å². The van der Waals surface area contributed by atoms with Crippen LogP contribution >= 0.6 is 0 Å². The van der Waals surface area contributed by atoms with E-state index in [0.717, 1.165) is 18.4 Å². The summed E-state index contributed by atoms with van der Waals surface area (Å²) in [6.07, 6.45) is 7.13. The number of hydrogen-bond acceptors (Lipinski definition) is 3. The molecule has 1 aliphatic rings. The maximum absolute atomic E-state index is 12.3. The summed E-state index contributed by atoms with van der Waals surface area (Å²) in [5.74, 6) is -0.375. The fourth-order valence-electron chi connectivity index (χ4n) is 3.20. The van der Waals surface area contributed by atoms with E-state index in [-0.39, 0.29) is 12.5 Å². The van der Waals surface area contributed by atoms with Gasteiger partial charge >= 0.3 is 0 Å². The number of carbonyl (C=O) groups is 1. The van der Waals surface area contributed by atoms with E-state index in [1.165, 1.54) is 25.7 Å². The Labute approximate surface area is 127 Å². The molecular formula is C17H26N2O2. The van der Waals surface area contributed by atoms with Crippen LogP contribution in [0.15, 0.2) is 30.3 Å². The molecule has 1 aromatic carbocycles. The number of primary amides is 1. The lowest BCUT2D eigenvalue weighted by molar-refractivity contribution is -0.127. The number of nitrogens with two attached hydrogens (primary N) is 1. The number of benzene rings is 1. The first kappa shape index (κ1) is 16.0. The van der Waals surface area contributed by atoms with Gasteiger partial charge in [-0.25, -0.2) is 0 Å². The van der Waals surface area contributed by atoms with Crippen molar-refractivity contribution in [3.8, 4) is 0 Å². The standard InChI is InChI=1S/C17H26N2O2/c1-21-13-17(16(18)20,14-9-5-4-6-10-14)19-15-11-7-2-3-8-12-15/h4-6,9-10,15,19H,2-3,7-8,11-13H2,1H3,(H2,18,20). The molecule has 0 radical (unpaired) electrons. The van der Waals surface area contributed by atoms with Crippen LogP contribution < -0.4 is 11.1 Å². The number of rotatable bonds is 6. The maximum atomic E-state index is 12.3. The van der Waals surface area contributed by atoms with Gasteiger partial charge in [-0.2, -0.15) is 0 Å². The molecule has 1 amide bonds. The molecule has 0 aliphatic heterocycles. The van der Waals surface area contributed by atoms with E-state index >= 15 is 0 Å². The fourth-order valence-corrected chi connectivity index (χ4v) is 3.20. The van der Waals surface area contributed by atoms with Crippen molar-refractivity contribution >= 4 is 5.91 Å². The zero-order chi connectivity index (χ0) is 15.1. The zero-order valence-corrected chi connectivity index (χ0v) is 12.8. The lowest BCUT2D eigenvalue weighted by atomic mass is 9.88. The topological polar surface area (TPSA) is 64.3 Å². The average molecular weight is 290 g/mol. The first-order valence-electron chi connectivity index (χ1n) is 7.81. The Kier molecular flexibility index (Phi) is 5.76. The highest BCUT2D eigenvalue weighted by atomic mass is 16.5. The van der Waals surface area contributed by atoms with Crippen molar-refractivity contribution in [2.24, 2.45) is 5.73 Å². The molecule has 4 nitrogen and oxygen atoms in total. The SMILES string of the molecule is COCC(NC1CCCCCC1)(C(N)=O)c1ccccc1. The summed E-state index contributed by atoms with van der Waals surface area (Å²) < 4.78 is 5.33. The zero-order valence-electron chi connectivity index (χ0n) is 12.8. The molecule has 1 fully saturated rings. The Balaban J connectivity index is 2.28. The van der Waals surface area contributed by atoms with E-state index in [2.05, 4.69) is 5.32 Å². The largest absolute Gasteiger partial charge is 0.382 e. The minimum absolute atomic E-state index is 0.253. The Morgan fingerprint density at radius 3 is 2.38 bits per heavy atom. The van der Waals surface area contributed by atoms with Gasteiger partial charge in [-0.15, -0.1) is 0 Å². The van der Waals surface area contributed by atoms with Crippen LogP contribution in [0.2, 0.25) is 0 Å². The van der Waals surface area contributed by atoms with E-state index in [0.29, 0.717) is 6.04 Å². The molecule has 0 bridgehead atoms. The smallest absolute Gasteiger partial charge is 0.244 e. The second-order valence-corrected chi connectivity index (χ2v) is 5.90. The predicted molar refractivity (Wildman–Crippen MR) is 83.8 cm³/mol. The Bertz CT molecular complexity index is 441. The van der Waals surface area contributed by atoms with Crippen LogP contribution in [0, 0.1) is 0 Å². The van der Waals surface area contributed by atoms with Crippen LogP contribution in [0.5, 0.6) is 0 Å². The van der Waals surface area contributed by atoms with Gasteiger partial charge in [-0.3, -0.25) is 10.1 Å². The second-order valence-electron chi connectivity index (χ2n) is 5.90. The maximum Gasteiger partial charge on any atom is 0.244 e. The third-order valence-corrected chi connectivity index (χ3v) is 4.35. The van der Waals surface area contributed by atoms with Crippen LogP contribution in [0.1, 0.15) is 44.1 Å². The molecule has 21 heavy (non-hydrogen) atoms. The van der Waals surface area contributed by atoms with Crippen LogP contribution in [-0.2, 0) is 15.1 Å². The molecule has 1 saturated carbocycles. The van der Waals surface area contributed by atoms with Crippen molar-refractivity contribution in [1.82, 2.24) is 5.32 Å². The molecule has 1 aromatic rings. The summed E-state index contributed by atoms with van der Waals surface area (Å²) in [5.41, 5.74) is 5.70. The molecule has 0 aromatic heterocycles. The van der Waals surface area contributed by atoms with Crippen LogP contribution in [0.25, 0.3) is 0 Å². The molecule has 3 N–H and O–H groups in total. The minimum Gasteiger partial charge on any atom is -0.382 e. The van der Waals surface area contributed by atoms with Crippen LogP contribution in [0.4, 0.5) is 0 Å². The van der Waals surface area contributed by atoms with Gasteiger partial charge in [0, 0.05) is 13.2 Å². The van der Waals surface area contributed by atoms with Gasteiger partial charge in [0.15, 0.2) is 0 Å². The van der Waals surface area contributed by atoms with Crippen molar-refractivity contribution < 1.29 is 9.53 Å². The quantitative estimate of drug-likeness (QED) is 0.790. The normalized spacial score (nSPS) is 19.7. The average Bonchev–Trinajstić information content (AvgIpc) is 2.76. The van der Waals surface area contributed by atoms with Crippen molar-refractivity contribution in [3.63, 3.8) is 0 Å². The number of carbonyl (C=O) groups excluding carboxylic acids is 1. The van der Waals surface area contributed by atoms with Crippen molar-refractivity contribution in [3.05, 3.63) is 35.9 Å². The van der Waals surface area contributed by atoms with Gasteiger partial charge in [-0.05, 0) is 18.4 Å². The summed E-state index contributed by atoms with van der Waals surface area (Å²) in [6, 6.07) is 9.99. The van der Waals surface area contributed by atoms with Gasteiger partial charge < -0.3 is 10.5 Å². The summed E-state index contributed by atoms with van der Waals surface area (Å²) in [7, 11) is 1.61. The van der Waals surface area contributed by atoms with E-state index in [1.807, 2.05) is 30.3 Å². The van der Waals surface area contributed by atoms with E-state index in [9.17, 15) is 4.79 Å². The highest BCUT2D eigenvalue weighted by molar-refractivity contribution is 5.86. The Morgan fingerprint density at radius 1 is 1.24 bits per heavy atom. The Hall–Kier alpha value is -1.39. The van der Waals surface area contributed by atoms with Crippen molar-refractivity contribution in [1.29, 1.82) is 0 Å². The Morgan fingerprint density at radius 2 is 1.86 bits per heavy atom. The fraction of sp³-hybridized carbons (Fsp3) is 0.588. The van der Waals surface area contributed by atoms with Gasteiger partial charge in [0.05, 0.1) is 6.61 Å². The molecular weight excluding hydrogens is 264 g/mol. The third kappa shape index (κ3) is 3.83. The van der Waals surface area contributed by atoms with Gasteiger partial charge in [0.1, 0.15) is 5.54 Å². The second kappa shape index (κ2) is 7.57. The summed E-state index contributed by atoms with van der Waals surface area (Å²) in [6.45, 7) is 0.253. The monoisotopic (exact) mass is 290 g/mol. The molecule has 0 spiro atoms. The van der Waals surface area contributed by atoms with Crippen molar-refractivity contribution in [2.75, 3.05) is 13.7 Å². The first-order chi connectivity index (χ1) is 10.2. The number of hydrogen-bond donors (Lipinski definition) is 2. The number of methoxy groups -OCH3 is 1.